The average molecular weight is 562 g/mol. The summed E-state index contributed by atoms with van der Waals surface area (Å²) in [4.78, 5) is 46.3. The summed E-state index contributed by atoms with van der Waals surface area (Å²) >= 11 is 6.36. The Kier molecular flexibility index (Phi) is 10.8. The number of esters is 1. The van der Waals surface area contributed by atoms with Gasteiger partial charge < -0.3 is 29.2 Å². The van der Waals surface area contributed by atoms with Crippen LogP contribution in [0.15, 0.2) is 41.6 Å². The third kappa shape index (κ3) is 9.31. The molecule has 2 heterocycles. The van der Waals surface area contributed by atoms with Gasteiger partial charge in [-0.2, -0.15) is 0 Å². The van der Waals surface area contributed by atoms with E-state index in [1.807, 2.05) is 39.0 Å². The number of cyclic esters (lactones) is 1. The minimum absolute atomic E-state index is 0.0245. The Balaban J connectivity index is 1.67. The molecule has 0 aromatic heterocycles. The molecule has 0 unspecified atom stereocenters. The number of carbonyl (C=O) groups excluding carboxylic acids is 3. The number of rotatable bonds is 3. The fourth-order valence-electron chi connectivity index (χ4n) is 3.95. The molecule has 0 saturated carbocycles. The molecule has 2 aliphatic rings. The normalized spacial score (nSPS) is 19.9. The molecule has 0 radical (unpaired) electrons. The van der Waals surface area contributed by atoms with Crippen LogP contribution in [0.4, 0.5) is 4.79 Å². The van der Waals surface area contributed by atoms with Gasteiger partial charge in [0.25, 0.3) is 5.91 Å². The number of hydrogen-bond acceptors (Lipinski definition) is 8. The molecule has 10 nitrogen and oxygen atoms in total. The van der Waals surface area contributed by atoms with Gasteiger partial charge in [-0.05, 0) is 63.8 Å². The number of nitrogens with zero attached hydrogens (tertiary/aromatic N) is 3. The maximum Gasteiger partial charge on any atom is 0.410 e. The van der Waals surface area contributed by atoms with Gasteiger partial charge >= 0.3 is 12.1 Å². The molecule has 1 fully saturated rings. The van der Waals surface area contributed by atoms with Crippen LogP contribution in [0.5, 0.6) is 5.75 Å². The van der Waals surface area contributed by atoms with Crippen LogP contribution in [0.2, 0.25) is 5.02 Å². The summed E-state index contributed by atoms with van der Waals surface area (Å²) in [5.74, 6) is -0.989. The van der Waals surface area contributed by atoms with Gasteiger partial charge in [-0.1, -0.05) is 35.0 Å². The zero-order valence-electron chi connectivity index (χ0n) is 22.7. The lowest BCUT2D eigenvalue weighted by atomic mass is 10.0. The van der Waals surface area contributed by atoms with E-state index in [4.69, 9.17) is 25.9 Å². The number of carbonyl (C=O) groups is 3. The number of phenolic OH excluding ortho intramolecular Hbond substituents is 1. The Morgan fingerprint density at radius 3 is 2.44 bits per heavy atom. The fraction of sp³-hybridized carbons (Fsp3) is 0.500. The van der Waals surface area contributed by atoms with Crippen molar-refractivity contribution in [1.29, 1.82) is 0 Å². The minimum Gasteiger partial charge on any atom is -0.506 e. The van der Waals surface area contributed by atoms with Crippen molar-refractivity contribution in [1.82, 2.24) is 9.80 Å². The lowest BCUT2D eigenvalue weighted by Crippen LogP contribution is -2.52. The first-order chi connectivity index (χ1) is 18.5. The zero-order valence-corrected chi connectivity index (χ0v) is 23.4. The van der Waals surface area contributed by atoms with Crippen molar-refractivity contribution in [2.75, 3.05) is 39.4 Å². The minimum atomic E-state index is -0.585. The molecule has 0 bridgehead atoms. The van der Waals surface area contributed by atoms with Crippen LogP contribution in [0, 0.1) is 0 Å². The predicted octanol–water partition coefficient (Wildman–Crippen LogP) is 4.49. The first-order valence-electron chi connectivity index (χ1n) is 13.0. The van der Waals surface area contributed by atoms with Crippen molar-refractivity contribution in [3.05, 3.63) is 52.6 Å². The summed E-state index contributed by atoms with van der Waals surface area (Å²) in [6, 6.07) is 2.80. The van der Waals surface area contributed by atoms with E-state index in [0.717, 1.165) is 12.8 Å². The van der Waals surface area contributed by atoms with Gasteiger partial charge in [-0.3, -0.25) is 4.79 Å². The van der Waals surface area contributed by atoms with Gasteiger partial charge in [0.15, 0.2) is 6.61 Å². The predicted molar refractivity (Wildman–Crippen MR) is 147 cm³/mol. The first kappa shape index (κ1) is 30.0. The Labute approximate surface area is 233 Å². The highest BCUT2D eigenvalue weighted by Crippen LogP contribution is 2.31. The van der Waals surface area contributed by atoms with E-state index in [2.05, 4.69) is 5.16 Å². The molecule has 1 aromatic rings. The fourth-order valence-corrected chi connectivity index (χ4v) is 4.18. The highest BCUT2D eigenvalue weighted by molar-refractivity contribution is 6.33. The van der Waals surface area contributed by atoms with Crippen LogP contribution in [-0.2, 0) is 25.5 Å². The third-order valence-corrected chi connectivity index (χ3v) is 6.37. The SMILES string of the molecule is CC(C)(C)OC(=O)N1CCN(C(=O)CO/N=C2\C=C\CC/C=C/CCOC(=O)c3ccc(O)c(Cl)c3C2)CC1. The molecule has 0 atom stereocenters. The number of oxime groups is 1. The van der Waals surface area contributed by atoms with Crippen LogP contribution in [0.1, 0.15) is 56.0 Å². The summed E-state index contributed by atoms with van der Waals surface area (Å²) in [6.45, 7) is 6.79. The molecule has 1 N–H and O–H groups in total. The average Bonchev–Trinajstić information content (AvgIpc) is 2.88. The number of hydrogen-bond donors (Lipinski definition) is 1. The maximum atomic E-state index is 12.7. The molecule has 39 heavy (non-hydrogen) atoms. The monoisotopic (exact) mass is 561 g/mol. The van der Waals surface area contributed by atoms with E-state index >= 15 is 0 Å². The highest BCUT2D eigenvalue weighted by Gasteiger charge is 2.28. The van der Waals surface area contributed by atoms with Gasteiger partial charge in [-0.25, -0.2) is 9.59 Å². The number of fused-ring (bicyclic) bond motifs is 1. The van der Waals surface area contributed by atoms with E-state index < -0.39 is 17.7 Å². The Morgan fingerprint density at radius 1 is 1.05 bits per heavy atom. The molecule has 3 rings (SSSR count). The van der Waals surface area contributed by atoms with Crippen LogP contribution in [0.25, 0.3) is 0 Å². The van der Waals surface area contributed by atoms with Crippen LogP contribution in [0.3, 0.4) is 0 Å². The summed E-state index contributed by atoms with van der Waals surface area (Å²) in [7, 11) is 0. The number of amides is 2. The van der Waals surface area contributed by atoms with Crippen LogP contribution in [-0.4, -0.2) is 83.6 Å². The highest BCUT2D eigenvalue weighted by atomic mass is 35.5. The molecular weight excluding hydrogens is 526 g/mol. The number of piperazine rings is 1. The standard InChI is InChI=1S/C28H36ClN3O7/c1-28(2,3)39-27(36)32-15-13-31(14-16-32)24(34)19-38-30-20-10-8-6-4-5-7-9-17-37-26(35)21-11-12-23(33)25(29)22(21)18-20/h5,7-8,10-12,33H,4,6,9,13-19H2,1-3H3/b7-5+,10-8+,30-20+. The van der Waals surface area contributed by atoms with E-state index in [9.17, 15) is 19.5 Å². The van der Waals surface area contributed by atoms with Crippen molar-refractivity contribution in [2.24, 2.45) is 5.16 Å². The van der Waals surface area contributed by atoms with E-state index in [-0.39, 0.29) is 41.9 Å². The van der Waals surface area contributed by atoms with Gasteiger partial charge in [0.1, 0.15) is 11.4 Å². The summed E-state index contributed by atoms with van der Waals surface area (Å²) in [5, 5.41) is 14.3. The molecular formula is C28H36ClN3O7. The summed E-state index contributed by atoms with van der Waals surface area (Å²) < 4.78 is 10.8. The molecule has 2 amide bonds. The molecule has 1 saturated heterocycles. The molecule has 212 valence electrons. The molecule has 2 aliphatic heterocycles. The molecule has 0 aliphatic carbocycles. The smallest absolute Gasteiger partial charge is 0.410 e. The second-order valence-electron chi connectivity index (χ2n) is 10.2. The van der Waals surface area contributed by atoms with E-state index in [0.29, 0.717) is 43.9 Å². The van der Waals surface area contributed by atoms with Crippen LogP contribution < -0.4 is 0 Å². The van der Waals surface area contributed by atoms with E-state index in [1.165, 1.54) is 12.1 Å². The van der Waals surface area contributed by atoms with Gasteiger partial charge in [0, 0.05) is 32.6 Å². The number of aromatic hydroxyl groups is 1. The summed E-state index contributed by atoms with van der Waals surface area (Å²) in [5.41, 5.74) is 0.405. The lowest BCUT2D eigenvalue weighted by Gasteiger charge is -2.35. The third-order valence-electron chi connectivity index (χ3n) is 5.95. The quantitative estimate of drug-likeness (QED) is 0.328. The number of halogens is 1. The van der Waals surface area contributed by atoms with Crippen molar-refractivity contribution in [2.45, 2.75) is 52.1 Å². The van der Waals surface area contributed by atoms with Crippen molar-refractivity contribution >= 4 is 35.3 Å². The lowest BCUT2D eigenvalue weighted by molar-refractivity contribution is -0.137. The van der Waals surface area contributed by atoms with Crippen molar-refractivity contribution < 1.29 is 33.8 Å². The topological polar surface area (TPSA) is 118 Å². The number of benzene rings is 1. The zero-order chi connectivity index (χ0) is 28.4. The molecule has 0 spiro atoms. The molecule has 1 aromatic carbocycles. The Morgan fingerprint density at radius 2 is 1.72 bits per heavy atom. The second-order valence-corrected chi connectivity index (χ2v) is 10.6. The van der Waals surface area contributed by atoms with Crippen molar-refractivity contribution in [3.8, 4) is 5.75 Å². The van der Waals surface area contributed by atoms with Gasteiger partial charge in [0.2, 0.25) is 0 Å². The first-order valence-corrected chi connectivity index (χ1v) is 13.4. The number of phenols is 1. The Bertz CT molecular complexity index is 1130. The maximum absolute atomic E-state index is 12.7. The van der Waals surface area contributed by atoms with Crippen LogP contribution >= 0.6 is 11.6 Å². The van der Waals surface area contributed by atoms with E-state index in [1.54, 1.807) is 15.9 Å². The van der Waals surface area contributed by atoms with Crippen molar-refractivity contribution in [3.63, 3.8) is 0 Å². The largest absolute Gasteiger partial charge is 0.506 e. The molecule has 11 heteroatoms. The van der Waals surface area contributed by atoms with Gasteiger partial charge in [-0.15, -0.1) is 0 Å². The second kappa shape index (κ2) is 14.0. The number of allylic oxidation sites excluding steroid dienone is 3. The number of ether oxygens (including phenoxy) is 2. The van der Waals surface area contributed by atoms with Gasteiger partial charge in [0.05, 0.1) is 22.9 Å². The Hall–Kier alpha value is -3.53. The summed E-state index contributed by atoms with van der Waals surface area (Å²) in [6.07, 6.45) is 9.46.